The standard InChI is InChI=1S/C26H38N2O5/c1-5-6-14-30-23-17-21(2)26(22(3)18-23)32-16-13-11-9-7-8-10-12-15-31-25-19-24(33-28-25)20-27-29-4/h5-6,17-20H,7-16H2,1-4H3/b6-5+,27-20+. The first-order valence-corrected chi connectivity index (χ1v) is 11.8. The molecule has 0 fully saturated rings. The van der Waals surface area contributed by atoms with Crippen LogP contribution in [0.15, 0.2) is 40.0 Å². The second kappa shape index (κ2) is 15.8. The first-order chi connectivity index (χ1) is 16.1. The van der Waals surface area contributed by atoms with E-state index in [4.69, 9.17) is 18.7 Å². The van der Waals surface area contributed by atoms with Gasteiger partial charge in [-0.1, -0.05) is 49.4 Å². The lowest BCUT2D eigenvalue weighted by Gasteiger charge is -2.14. The van der Waals surface area contributed by atoms with Gasteiger partial charge in [0.1, 0.15) is 31.4 Å². The second-order valence-electron chi connectivity index (χ2n) is 7.92. The minimum absolute atomic E-state index is 0.480. The van der Waals surface area contributed by atoms with Crippen LogP contribution < -0.4 is 14.2 Å². The number of allylic oxidation sites excluding steroid dienone is 1. The summed E-state index contributed by atoms with van der Waals surface area (Å²) < 4.78 is 22.4. The van der Waals surface area contributed by atoms with Gasteiger partial charge in [-0.3, -0.25) is 0 Å². The molecule has 33 heavy (non-hydrogen) atoms. The van der Waals surface area contributed by atoms with Crippen molar-refractivity contribution < 1.29 is 23.6 Å². The van der Waals surface area contributed by atoms with E-state index in [-0.39, 0.29) is 0 Å². The molecule has 0 aliphatic carbocycles. The Bertz CT molecular complexity index is 837. The fourth-order valence-corrected chi connectivity index (χ4v) is 3.41. The molecule has 0 aliphatic rings. The number of hydrogen-bond donors (Lipinski definition) is 0. The smallest absolute Gasteiger partial charge is 0.254 e. The predicted octanol–water partition coefficient (Wildman–Crippen LogP) is 6.42. The van der Waals surface area contributed by atoms with Crippen molar-refractivity contribution in [1.29, 1.82) is 0 Å². The van der Waals surface area contributed by atoms with Crippen LogP contribution in [0.2, 0.25) is 0 Å². The van der Waals surface area contributed by atoms with Gasteiger partial charge in [0.2, 0.25) is 0 Å². The molecule has 2 aromatic rings. The third-order valence-corrected chi connectivity index (χ3v) is 5.09. The first-order valence-electron chi connectivity index (χ1n) is 11.8. The summed E-state index contributed by atoms with van der Waals surface area (Å²) in [6, 6.07) is 5.79. The summed E-state index contributed by atoms with van der Waals surface area (Å²) in [7, 11) is 1.48. The minimum atomic E-state index is 0.480. The van der Waals surface area contributed by atoms with Crippen molar-refractivity contribution in [3.63, 3.8) is 0 Å². The van der Waals surface area contributed by atoms with Crippen LogP contribution in [0.4, 0.5) is 0 Å². The van der Waals surface area contributed by atoms with Crippen molar-refractivity contribution in [3.8, 4) is 17.4 Å². The van der Waals surface area contributed by atoms with Crippen molar-refractivity contribution in [2.45, 2.75) is 65.7 Å². The summed E-state index contributed by atoms with van der Waals surface area (Å²) in [5.41, 5.74) is 2.25. The molecule has 182 valence electrons. The molecular weight excluding hydrogens is 420 g/mol. The number of benzene rings is 1. The Hall–Kier alpha value is -2.96. The van der Waals surface area contributed by atoms with Crippen LogP contribution in [0.3, 0.4) is 0 Å². The number of unbranched alkanes of at least 4 members (excludes halogenated alkanes) is 6. The highest BCUT2D eigenvalue weighted by Crippen LogP contribution is 2.28. The van der Waals surface area contributed by atoms with Crippen LogP contribution in [0.25, 0.3) is 0 Å². The van der Waals surface area contributed by atoms with Gasteiger partial charge in [-0.25, -0.2) is 0 Å². The average Bonchev–Trinajstić information content (AvgIpc) is 3.25. The van der Waals surface area contributed by atoms with E-state index >= 15 is 0 Å². The molecule has 0 radical (unpaired) electrons. The molecule has 0 atom stereocenters. The summed E-state index contributed by atoms with van der Waals surface area (Å²) in [6.45, 7) is 8.13. The fraction of sp³-hybridized carbons (Fsp3) is 0.538. The maximum Gasteiger partial charge on any atom is 0.254 e. The molecule has 0 aliphatic heterocycles. The molecule has 0 saturated heterocycles. The Morgan fingerprint density at radius 2 is 1.52 bits per heavy atom. The van der Waals surface area contributed by atoms with Gasteiger partial charge in [0.25, 0.3) is 5.88 Å². The Kier molecular flexibility index (Phi) is 12.6. The van der Waals surface area contributed by atoms with Crippen molar-refractivity contribution in [2.24, 2.45) is 5.16 Å². The number of rotatable bonds is 17. The normalized spacial score (nSPS) is 11.4. The summed E-state index contributed by atoms with van der Waals surface area (Å²) in [5.74, 6) is 2.86. The average molecular weight is 459 g/mol. The van der Waals surface area contributed by atoms with Gasteiger partial charge in [-0.15, -0.1) is 0 Å². The lowest BCUT2D eigenvalue weighted by molar-refractivity contribution is 0.214. The van der Waals surface area contributed by atoms with Gasteiger partial charge < -0.3 is 23.6 Å². The van der Waals surface area contributed by atoms with Crippen LogP contribution in [0.5, 0.6) is 17.4 Å². The van der Waals surface area contributed by atoms with Crippen LogP contribution in [0, 0.1) is 13.8 Å². The zero-order valence-electron chi connectivity index (χ0n) is 20.5. The van der Waals surface area contributed by atoms with E-state index < -0.39 is 0 Å². The first kappa shape index (κ1) is 26.3. The highest BCUT2D eigenvalue weighted by atomic mass is 16.6. The minimum Gasteiger partial charge on any atom is -0.493 e. The molecule has 2 rings (SSSR count). The summed E-state index contributed by atoms with van der Waals surface area (Å²) >= 11 is 0. The van der Waals surface area contributed by atoms with E-state index in [1.807, 2.05) is 31.2 Å². The van der Waals surface area contributed by atoms with Gasteiger partial charge in [-0.05, 0) is 62.0 Å². The van der Waals surface area contributed by atoms with Crippen molar-refractivity contribution in [1.82, 2.24) is 5.16 Å². The van der Waals surface area contributed by atoms with E-state index in [1.54, 1.807) is 6.07 Å². The summed E-state index contributed by atoms with van der Waals surface area (Å²) in [4.78, 5) is 4.60. The zero-order chi connectivity index (χ0) is 23.7. The molecule has 7 heteroatoms. The molecule has 0 unspecified atom stereocenters. The maximum atomic E-state index is 6.06. The van der Waals surface area contributed by atoms with E-state index in [0.29, 0.717) is 24.9 Å². The SMILES string of the molecule is C/C=C/COc1cc(C)c(OCCCCCCCCCOc2cc(/C=N/OC)on2)c(C)c1. The molecular formula is C26H38N2O5. The maximum absolute atomic E-state index is 6.06. The van der Waals surface area contributed by atoms with Crippen molar-refractivity contribution in [3.05, 3.63) is 47.2 Å². The molecule has 0 spiro atoms. The number of ether oxygens (including phenoxy) is 3. The topological polar surface area (TPSA) is 75.3 Å². The monoisotopic (exact) mass is 458 g/mol. The zero-order valence-corrected chi connectivity index (χ0v) is 20.5. The van der Waals surface area contributed by atoms with Crippen molar-refractivity contribution >= 4 is 6.21 Å². The molecule has 1 aromatic carbocycles. The third kappa shape index (κ3) is 10.5. The molecule has 0 bridgehead atoms. The number of aromatic nitrogens is 1. The number of nitrogens with zero attached hydrogens (tertiary/aromatic N) is 2. The van der Waals surface area contributed by atoms with Gasteiger partial charge in [0.15, 0.2) is 5.76 Å². The van der Waals surface area contributed by atoms with Gasteiger partial charge in [-0.2, -0.15) is 0 Å². The highest BCUT2D eigenvalue weighted by molar-refractivity contribution is 5.75. The molecule has 0 N–H and O–H groups in total. The Balaban J connectivity index is 1.49. The molecule has 0 amide bonds. The van der Waals surface area contributed by atoms with E-state index in [2.05, 4.69) is 29.0 Å². The second-order valence-corrected chi connectivity index (χ2v) is 7.92. The number of hydrogen-bond acceptors (Lipinski definition) is 7. The lowest BCUT2D eigenvalue weighted by Crippen LogP contribution is -2.02. The Morgan fingerprint density at radius 3 is 2.15 bits per heavy atom. The van der Waals surface area contributed by atoms with Crippen LogP contribution in [-0.4, -0.2) is 38.3 Å². The number of aryl methyl sites for hydroxylation is 2. The summed E-state index contributed by atoms with van der Waals surface area (Å²) in [5, 5.41) is 7.45. The van der Waals surface area contributed by atoms with Crippen LogP contribution in [-0.2, 0) is 4.84 Å². The highest BCUT2D eigenvalue weighted by Gasteiger charge is 2.07. The Labute approximate surface area is 197 Å². The number of oxime groups is 1. The molecule has 1 heterocycles. The quantitative estimate of drug-likeness (QED) is 0.118. The van der Waals surface area contributed by atoms with E-state index in [9.17, 15) is 0 Å². The van der Waals surface area contributed by atoms with Gasteiger partial charge in [0, 0.05) is 0 Å². The summed E-state index contributed by atoms with van der Waals surface area (Å²) in [6.07, 6.45) is 13.5. The van der Waals surface area contributed by atoms with Crippen LogP contribution in [0.1, 0.15) is 68.8 Å². The van der Waals surface area contributed by atoms with E-state index in [1.165, 1.54) is 39.0 Å². The molecule has 0 saturated carbocycles. The van der Waals surface area contributed by atoms with E-state index in [0.717, 1.165) is 48.5 Å². The van der Waals surface area contributed by atoms with Crippen LogP contribution >= 0.6 is 0 Å². The molecule has 1 aromatic heterocycles. The fourth-order valence-electron chi connectivity index (χ4n) is 3.41. The largest absolute Gasteiger partial charge is 0.493 e. The predicted molar refractivity (Wildman–Crippen MR) is 131 cm³/mol. The van der Waals surface area contributed by atoms with Gasteiger partial charge in [0.05, 0.1) is 19.3 Å². The Morgan fingerprint density at radius 1 is 0.879 bits per heavy atom. The third-order valence-electron chi connectivity index (χ3n) is 5.09. The van der Waals surface area contributed by atoms with Gasteiger partial charge >= 0.3 is 0 Å². The lowest BCUT2D eigenvalue weighted by atomic mass is 10.1. The molecule has 7 nitrogen and oxygen atoms in total. The van der Waals surface area contributed by atoms with Crippen molar-refractivity contribution in [2.75, 3.05) is 26.9 Å².